The molecular weight excluding hydrogens is 635 g/mol. The van der Waals surface area contributed by atoms with Gasteiger partial charge < -0.3 is 6.92 Å². The first-order valence-corrected chi connectivity index (χ1v) is 21.2. The quantitative estimate of drug-likeness (QED) is 0.129. The summed E-state index contributed by atoms with van der Waals surface area (Å²) in [5, 5.41) is 5.44. The summed E-state index contributed by atoms with van der Waals surface area (Å²) < 4.78 is 0. The van der Waals surface area contributed by atoms with Crippen LogP contribution >= 0.6 is 17.0 Å². The number of rotatable bonds is 4. The summed E-state index contributed by atoms with van der Waals surface area (Å²) in [5.41, 5.74) is 8.11. The van der Waals surface area contributed by atoms with Gasteiger partial charge in [-0.15, -0.1) is 69.1 Å². The molecule has 0 fully saturated rings. The third kappa shape index (κ3) is 9.93. The fraction of sp³-hybridized carbons (Fsp3) is 0.162. The zero-order valence-electron chi connectivity index (χ0n) is 24.4. The van der Waals surface area contributed by atoms with Crippen molar-refractivity contribution in [2.24, 2.45) is 0 Å². The Morgan fingerprint density at radius 2 is 0.927 bits per heavy atom. The first-order valence-electron chi connectivity index (χ1n) is 13.8. The van der Waals surface area contributed by atoms with Crippen LogP contribution in [0.1, 0.15) is 31.9 Å². The average molecular weight is 673 g/mol. The normalized spacial score (nSPS) is 9.66. The van der Waals surface area contributed by atoms with Crippen LogP contribution in [0.4, 0.5) is 0 Å². The molecule has 0 aliphatic rings. The Morgan fingerprint density at radius 3 is 1.24 bits per heavy atom. The van der Waals surface area contributed by atoms with Gasteiger partial charge in [0.25, 0.3) is 0 Å². The third-order valence-corrected chi connectivity index (χ3v) is 6.61. The number of fused-ring (bicyclic) bond motifs is 2. The molecule has 4 heteroatoms. The maximum atomic E-state index is 4.93. The van der Waals surface area contributed by atoms with Crippen LogP contribution < -0.4 is 0 Å². The standard InChI is InChI=1S/2C17H15.C2H5.CH3Si.2ClH.Zr/c2*1-2-13-11-15-9-6-10-16(17(15)12-13)14-7-4-3-5-8-14;2*1-2;;;/h2*3-12H,2H2,1H3;1H2,2H3;1H3;2*1H;/q3*-1;;;;+2/p-2. The summed E-state index contributed by atoms with van der Waals surface area (Å²) in [6.07, 6.45) is 2.20. The molecule has 3 radical (unpaired) electrons. The van der Waals surface area contributed by atoms with E-state index in [1.807, 2.05) is 0 Å². The van der Waals surface area contributed by atoms with E-state index in [1.165, 1.54) is 54.9 Å². The molecular formula is C37H38Cl2SiZr-3. The molecule has 0 amide bonds. The van der Waals surface area contributed by atoms with E-state index in [4.69, 9.17) is 17.0 Å². The van der Waals surface area contributed by atoms with Crippen molar-refractivity contribution in [2.75, 3.05) is 0 Å². The Hall–Kier alpha value is -2.22. The van der Waals surface area contributed by atoms with Crippen molar-refractivity contribution in [1.29, 1.82) is 0 Å². The van der Waals surface area contributed by atoms with Crippen molar-refractivity contribution in [2.45, 2.75) is 40.2 Å². The molecule has 0 saturated heterocycles. The molecule has 0 bridgehead atoms. The second-order valence-electron chi connectivity index (χ2n) is 8.85. The summed E-state index contributed by atoms with van der Waals surface area (Å²) >= 11 is -0.826. The molecule has 6 aromatic rings. The SMILES string of the molecule is CCc1cc2c(-c3ccccc3)cccc2[cH-]1.CCc1cc2c(-c3ccccc3)cccc2[cH-]1.C[Si].[CH2-]C.[Cl][Zr][Cl]. The predicted molar refractivity (Wildman–Crippen MR) is 183 cm³/mol. The van der Waals surface area contributed by atoms with E-state index in [-0.39, 0.29) is 0 Å². The number of halogens is 2. The average Bonchev–Trinajstić information content (AvgIpc) is 3.68. The van der Waals surface area contributed by atoms with E-state index >= 15 is 0 Å². The van der Waals surface area contributed by atoms with Crippen molar-refractivity contribution >= 4 is 48.8 Å². The summed E-state index contributed by atoms with van der Waals surface area (Å²) in [5.74, 6) is 0. The van der Waals surface area contributed by atoms with Crippen LogP contribution in [-0.2, 0) is 33.7 Å². The second kappa shape index (κ2) is 19.8. The van der Waals surface area contributed by atoms with Crippen molar-refractivity contribution in [3.63, 3.8) is 0 Å². The molecule has 0 atom stereocenters. The van der Waals surface area contributed by atoms with E-state index in [9.17, 15) is 0 Å². The van der Waals surface area contributed by atoms with E-state index in [1.54, 1.807) is 13.5 Å². The van der Waals surface area contributed by atoms with Crippen LogP contribution in [0.15, 0.2) is 121 Å². The van der Waals surface area contributed by atoms with Crippen LogP contribution in [0, 0.1) is 6.92 Å². The van der Waals surface area contributed by atoms with Gasteiger partial charge >= 0.3 is 37.9 Å². The first-order chi connectivity index (χ1) is 20.2. The molecule has 0 aliphatic carbocycles. The Labute approximate surface area is 269 Å². The van der Waals surface area contributed by atoms with Gasteiger partial charge in [0.2, 0.25) is 0 Å². The molecule has 6 rings (SSSR count). The Morgan fingerprint density at radius 1 is 0.585 bits per heavy atom. The summed E-state index contributed by atoms with van der Waals surface area (Å²) in [6, 6.07) is 43.5. The van der Waals surface area contributed by atoms with Gasteiger partial charge in [0, 0.05) is 10.2 Å². The van der Waals surface area contributed by atoms with Gasteiger partial charge in [-0.2, -0.15) is 19.1 Å². The summed E-state index contributed by atoms with van der Waals surface area (Å²) in [6.45, 7) is 11.2. The zero-order chi connectivity index (χ0) is 30.0. The molecule has 41 heavy (non-hydrogen) atoms. The van der Waals surface area contributed by atoms with Gasteiger partial charge in [-0.1, -0.05) is 104 Å². The van der Waals surface area contributed by atoms with Crippen molar-refractivity contribution in [3.05, 3.63) is 139 Å². The van der Waals surface area contributed by atoms with E-state index in [0.717, 1.165) is 12.8 Å². The fourth-order valence-electron chi connectivity index (χ4n) is 4.74. The summed E-state index contributed by atoms with van der Waals surface area (Å²) in [4.78, 5) is 0. The van der Waals surface area contributed by atoms with E-state index in [0.29, 0.717) is 0 Å². The number of hydrogen-bond acceptors (Lipinski definition) is 0. The van der Waals surface area contributed by atoms with Gasteiger partial charge in [-0.25, -0.2) is 0 Å². The van der Waals surface area contributed by atoms with Crippen molar-refractivity contribution in [1.82, 2.24) is 0 Å². The number of aryl methyl sites for hydroxylation is 2. The molecule has 0 aliphatic heterocycles. The van der Waals surface area contributed by atoms with E-state index in [2.05, 4.69) is 152 Å². The van der Waals surface area contributed by atoms with Crippen LogP contribution in [0.25, 0.3) is 43.8 Å². The van der Waals surface area contributed by atoms with Crippen LogP contribution in [0.3, 0.4) is 0 Å². The van der Waals surface area contributed by atoms with Gasteiger partial charge in [-0.3, -0.25) is 0 Å². The predicted octanol–water partition coefficient (Wildman–Crippen LogP) is 12.0. The minimum absolute atomic E-state index is 0.826. The molecule has 0 nitrogen and oxygen atoms in total. The Balaban J connectivity index is 0.000000236. The van der Waals surface area contributed by atoms with Crippen molar-refractivity contribution < 1.29 is 20.8 Å². The molecule has 0 N–H and O–H groups in total. The molecule has 0 unspecified atom stereocenters. The Bertz CT molecular complexity index is 1420. The molecule has 211 valence electrons. The van der Waals surface area contributed by atoms with E-state index < -0.39 is 20.8 Å². The fourth-order valence-corrected chi connectivity index (χ4v) is 4.74. The topological polar surface area (TPSA) is 0 Å². The molecule has 0 heterocycles. The Kier molecular flexibility index (Phi) is 16.9. The van der Waals surface area contributed by atoms with Crippen molar-refractivity contribution in [3.8, 4) is 22.3 Å². The molecule has 0 aromatic heterocycles. The molecule has 0 spiro atoms. The second-order valence-corrected chi connectivity index (χ2v) is 12.6. The maximum absolute atomic E-state index is 4.93. The van der Waals surface area contributed by atoms with Crippen LogP contribution in [0.5, 0.6) is 0 Å². The van der Waals surface area contributed by atoms with Gasteiger partial charge in [0.1, 0.15) is 0 Å². The first kappa shape index (κ1) is 35.0. The monoisotopic (exact) mass is 670 g/mol. The summed E-state index contributed by atoms with van der Waals surface area (Å²) in [7, 11) is 12.8. The molecule has 6 aromatic carbocycles. The van der Waals surface area contributed by atoms with Crippen LogP contribution in [0.2, 0.25) is 6.55 Å². The zero-order valence-corrected chi connectivity index (χ0v) is 29.4. The third-order valence-electron chi connectivity index (χ3n) is 6.61. The minimum atomic E-state index is -0.826. The van der Waals surface area contributed by atoms with Crippen LogP contribution in [-0.4, -0.2) is 10.2 Å². The number of benzene rings is 4. The van der Waals surface area contributed by atoms with Gasteiger partial charge in [-0.05, 0) is 24.0 Å². The number of hydrogen-bond donors (Lipinski definition) is 0. The van der Waals surface area contributed by atoms with Gasteiger partial charge in [0.15, 0.2) is 0 Å². The molecule has 0 saturated carbocycles. The van der Waals surface area contributed by atoms with Gasteiger partial charge in [0.05, 0.1) is 0 Å².